The third kappa shape index (κ3) is 1.83. The molecule has 6 heteroatoms. The zero-order valence-electron chi connectivity index (χ0n) is 8.01. The molecule has 0 fully saturated rings. The van der Waals surface area contributed by atoms with Crippen molar-refractivity contribution in [2.75, 3.05) is 6.26 Å². The zero-order chi connectivity index (χ0) is 11.1. The van der Waals surface area contributed by atoms with Crippen molar-refractivity contribution in [1.29, 1.82) is 0 Å². The van der Waals surface area contributed by atoms with Crippen molar-refractivity contribution < 1.29 is 8.42 Å². The number of hydrogen-bond acceptors (Lipinski definition) is 3. The smallest absolute Gasteiger partial charge is 0.267 e. The molecule has 0 aliphatic carbocycles. The number of pyridine rings is 1. The lowest BCUT2D eigenvalue weighted by molar-refractivity contribution is 0.599. The zero-order valence-corrected chi connectivity index (χ0v) is 9.58. The van der Waals surface area contributed by atoms with Crippen LogP contribution in [0.25, 0.3) is 0 Å². The van der Waals surface area contributed by atoms with E-state index in [1.54, 1.807) is 6.92 Å². The average molecular weight is 236 g/mol. The molecule has 1 aromatic rings. The van der Waals surface area contributed by atoms with Gasteiger partial charge in [0.05, 0.1) is 5.02 Å². The van der Waals surface area contributed by atoms with Gasteiger partial charge in [-0.1, -0.05) is 11.6 Å². The minimum atomic E-state index is -3.53. The molecule has 0 atom stereocenters. The monoisotopic (exact) mass is 235 g/mol. The Kier molecular flexibility index (Phi) is 2.74. The third-order valence-corrected chi connectivity index (χ3v) is 3.68. The first-order valence-corrected chi connectivity index (χ1v) is 6.11. The lowest BCUT2D eigenvalue weighted by Gasteiger charge is -2.06. The van der Waals surface area contributed by atoms with Gasteiger partial charge in [0.15, 0.2) is 9.84 Å². The minimum absolute atomic E-state index is 0.256. The van der Waals surface area contributed by atoms with Gasteiger partial charge in [0, 0.05) is 11.9 Å². The Morgan fingerprint density at radius 3 is 2.21 bits per heavy atom. The van der Waals surface area contributed by atoms with E-state index in [4.69, 9.17) is 11.6 Å². The molecule has 0 saturated carbocycles. The summed E-state index contributed by atoms with van der Waals surface area (Å²) in [6, 6.07) is 0. The van der Waals surface area contributed by atoms with Crippen LogP contribution >= 0.6 is 11.6 Å². The Morgan fingerprint density at radius 1 is 1.29 bits per heavy atom. The van der Waals surface area contributed by atoms with Gasteiger partial charge in [0.2, 0.25) is 0 Å². The van der Waals surface area contributed by atoms with Crippen molar-refractivity contribution in [1.82, 2.24) is 4.98 Å². The van der Waals surface area contributed by atoms with Crippen molar-refractivity contribution in [3.8, 4) is 0 Å². The number of halogens is 1. The Labute approximate surface area is 86.8 Å². The standard InChI is InChI=1S/C8H10ClNO3S/c1-4-6(9)5(2)10-8(11)7(4)14(3,12)13/h1-3H3,(H,10,11). The minimum Gasteiger partial charge on any atom is -0.324 e. The fourth-order valence-corrected chi connectivity index (χ4v) is 2.52. The molecule has 0 amide bonds. The van der Waals surface area contributed by atoms with Crippen LogP contribution in [0.4, 0.5) is 0 Å². The van der Waals surface area contributed by atoms with Crippen molar-refractivity contribution in [2.24, 2.45) is 0 Å². The summed E-state index contributed by atoms with van der Waals surface area (Å²) in [6.45, 7) is 3.13. The summed E-state index contributed by atoms with van der Waals surface area (Å²) in [4.78, 5) is 13.5. The van der Waals surface area contributed by atoms with Crippen LogP contribution in [0.2, 0.25) is 5.02 Å². The molecule has 0 radical (unpaired) electrons. The van der Waals surface area contributed by atoms with Gasteiger partial charge >= 0.3 is 0 Å². The molecule has 0 aliphatic heterocycles. The van der Waals surface area contributed by atoms with E-state index in [0.717, 1.165) is 6.26 Å². The average Bonchev–Trinajstić information content (AvgIpc) is 1.97. The number of H-pyrrole nitrogens is 1. The quantitative estimate of drug-likeness (QED) is 0.791. The van der Waals surface area contributed by atoms with Crippen LogP contribution in [-0.2, 0) is 9.84 Å². The second-order valence-electron chi connectivity index (χ2n) is 3.12. The van der Waals surface area contributed by atoms with Crippen LogP contribution in [0.1, 0.15) is 11.3 Å². The molecule has 1 N–H and O–H groups in total. The Balaban J connectivity index is 3.80. The number of nitrogens with one attached hydrogen (secondary N) is 1. The molecule has 0 aliphatic rings. The number of aromatic nitrogens is 1. The summed E-state index contributed by atoms with van der Waals surface area (Å²) in [7, 11) is -3.53. The van der Waals surface area contributed by atoms with E-state index in [1.807, 2.05) is 0 Å². The summed E-state index contributed by atoms with van der Waals surface area (Å²) in [5.41, 5.74) is 0.156. The number of aryl methyl sites for hydroxylation is 1. The molecule has 0 spiro atoms. The Bertz CT molecular complexity index is 530. The van der Waals surface area contributed by atoms with Gasteiger partial charge in [-0.25, -0.2) is 8.42 Å². The van der Waals surface area contributed by atoms with Gasteiger partial charge < -0.3 is 4.98 Å². The Hall–Kier alpha value is -0.810. The predicted molar refractivity (Wildman–Crippen MR) is 54.7 cm³/mol. The number of hydrogen-bond donors (Lipinski definition) is 1. The molecule has 0 aromatic carbocycles. The SMILES string of the molecule is Cc1[nH]c(=O)c(S(C)(=O)=O)c(C)c1Cl. The summed E-state index contributed by atoms with van der Waals surface area (Å²) >= 11 is 5.83. The molecule has 78 valence electrons. The highest BCUT2D eigenvalue weighted by Gasteiger charge is 2.19. The van der Waals surface area contributed by atoms with E-state index in [0.29, 0.717) is 11.3 Å². The number of aromatic amines is 1. The topological polar surface area (TPSA) is 67.0 Å². The van der Waals surface area contributed by atoms with E-state index in [2.05, 4.69) is 4.98 Å². The van der Waals surface area contributed by atoms with Gasteiger partial charge in [0.1, 0.15) is 4.90 Å². The Morgan fingerprint density at radius 2 is 1.79 bits per heavy atom. The summed E-state index contributed by atoms with van der Waals surface area (Å²) in [5.74, 6) is 0. The van der Waals surface area contributed by atoms with Crippen molar-refractivity contribution in [2.45, 2.75) is 18.7 Å². The first-order valence-electron chi connectivity index (χ1n) is 3.84. The van der Waals surface area contributed by atoms with Crippen LogP contribution < -0.4 is 5.56 Å². The van der Waals surface area contributed by atoms with Crippen LogP contribution in [-0.4, -0.2) is 19.7 Å². The molecule has 0 unspecified atom stereocenters. The summed E-state index contributed by atoms with van der Waals surface area (Å²) < 4.78 is 22.5. The fourth-order valence-electron chi connectivity index (χ4n) is 1.28. The fraction of sp³-hybridized carbons (Fsp3) is 0.375. The highest BCUT2D eigenvalue weighted by atomic mass is 35.5. The molecule has 0 saturated heterocycles. The molecule has 4 nitrogen and oxygen atoms in total. The van der Waals surface area contributed by atoms with Gasteiger partial charge in [-0.05, 0) is 19.4 Å². The van der Waals surface area contributed by atoms with Gasteiger partial charge in [-0.3, -0.25) is 4.79 Å². The van der Waals surface area contributed by atoms with Gasteiger partial charge in [-0.15, -0.1) is 0 Å². The second kappa shape index (κ2) is 3.40. The largest absolute Gasteiger partial charge is 0.324 e. The van der Waals surface area contributed by atoms with Crippen molar-refractivity contribution in [3.05, 3.63) is 26.6 Å². The van der Waals surface area contributed by atoms with E-state index >= 15 is 0 Å². The predicted octanol–water partition coefficient (Wildman–Crippen LogP) is 1.05. The van der Waals surface area contributed by atoms with Crippen molar-refractivity contribution >= 4 is 21.4 Å². The van der Waals surface area contributed by atoms with Crippen LogP contribution in [0.5, 0.6) is 0 Å². The maximum atomic E-state index is 11.4. The van der Waals surface area contributed by atoms with E-state index in [9.17, 15) is 13.2 Å². The first kappa shape index (κ1) is 11.3. The molecule has 1 rings (SSSR count). The van der Waals surface area contributed by atoms with Gasteiger partial charge in [0.25, 0.3) is 5.56 Å². The number of sulfone groups is 1. The van der Waals surface area contributed by atoms with Crippen LogP contribution in [0, 0.1) is 13.8 Å². The van der Waals surface area contributed by atoms with E-state index in [1.165, 1.54) is 6.92 Å². The molecular formula is C8H10ClNO3S. The highest BCUT2D eigenvalue weighted by molar-refractivity contribution is 7.90. The molecule has 0 bridgehead atoms. The van der Waals surface area contributed by atoms with Crippen LogP contribution in [0.3, 0.4) is 0 Å². The molecule has 1 aromatic heterocycles. The lowest BCUT2D eigenvalue weighted by atomic mass is 10.2. The first-order chi connectivity index (χ1) is 6.25. The molecule has 1 heterocycles. The maximum absolute atomic E-state index is 11.4. The summed E-state index contributed by atoms with van der Waals surface area (Å²) in [5, 5.41) is 0.282. The van der Waals surface area contributed by atoms with Gasteiger partial charge in [-0.2, -0.15) is 0 Å². The number of rotatable bonds is 1. The highest BCUT2D eigenvalue weighted by Crippen LogP contribution is 2.21. The normalized spacial score (nSPS) is 11.7. The second-order valence-corrected chi connectivity index (χ2v) is 5.45. The third-order valence-electron chi connectivity index (χ3n) is 1.88. The van der Waals surface area contributed by atoms with E-state index < -0.39 is 15.4 Å². The van der Waals surface area contributed by atoms with Crippen LogP contribution in [0.15, 0.2) is 9.69 Å². The summed E-state index contributed by atoms with van der Waals surface area (Å²) in [6.07, 6.45) is 0.982. The van der Waals surface area contributed by atoms with Crippen molar-refractivity contribution in [3.63, 3.8) is 0 Å². The van der Waals surface area contributed by atoms with E-state index in [-0.39, 0.29) is 9.92 Å². The molecular weight excluding hydrogens is 226 g/mol. The maximum Gasteiger partial charge on any atom is 0.267 e. The molecule has 14 heavy (non-hydrogen) atoms. The lowest BCUT2D eigenvalue weighted by Crippen LogP contribution is -2.19.